The van der Waals surface area contributed by atoms with Gasteiger partial charge in [0.15, 0.2) is 4.77 Å². The second kappa shape index (κ2) is 7.61. The summed E-state index contributed by atoms with van der Waals surface area (Å²) in [6, 6.07) is 8.40. The molecule has 0 aliphatic heterocycles. The van der Waals surface area contributed by atoms with Gasteiger partial charge in [0.1, 0.15) is 0 Å². The van der Waals surface area contributed by atoms with Gasteiger partial charge in [-0.25, -0.2) is 0 Å². The van der Waals surface area contributed by atoms with E-state index in [1.165, 1.54) is 10.6 Å². The molecule has 2 aromatic heterocycles. The minimum Gasteiger partial charge on any atom is -0.412 e. The molecule has 2 heterocycles. The Labute approximate surface area is 163 Å². The summed E-state index contributed by atoms with van der Waals surface area (Å²) in [5.41, 5.74) is -0.170. The lowest BCUT2D eigenvalue weighted by Gasteiger charge is -2.11. The normalized spacial score (nSPS) is 12.1. The molecule has 0 unspecified atom stereocenters. The van der Waals surface area contributed by atoms with E-state index in [0.29, 0.717) is 26.7 Å². The van der Waals surface area contributed by atoms with Crippen LogP contribution in [-0.4, -0.2) is 19.2 Å². The summed E-state index contributed by atoms with van der Waals surface area (Å²) in [5.74, 6) is 0. The van der Waals surface area contributed by atoms with E-state index < -0.39 is 11.7 Å². The number of hydrogen-bond acceptors (Lipinski definition) is 2. The van der Waals surface area contributed by atoms with Crippen molar-refractivity contribution in [3.05, 3.63) is 79.5 Å². The molecule has 0 aliphatic rings. The first-order valence-electron chi connectivity index (χ1n) is 7.93. The minimum absolute atomic E-state index is 0. The summed E-state index contributed by atoms with van der Waals surface area (Å²) in [6.45, 7) is 3.91. The van der Waals surface area contributed by atoms with Crippen LogP contribution in [0.3, 0.4) is 0 Å². The van der Waals surface area contributed by atoms with Crippen molar-refractivity contribution in [3.63, 3.8) is 0 Å². The van der Waals surface area contributed by atoms with Gasteiger partial charge >= 0.3 is 6.18 Å². The van der Waals surface area contributed by atoms with Crippen molar-refractivity contribution in [1.29, 1.82) is 0 Å². The van der Waals surface area contributed by atoms with Crippen LogP contribution in [0.15, 0.2) is 47.4 Å². The van der Waals surface area contributed by atoms with Crippen LogP contribution in [0.4, 0.5) is 13.2 Å². The van der Waals surface area contributed by atoms with Gasteiger partial charge < -0.3 is 14.6 Å². The summed E-state index contributed by atoms with van der Waals surface area (Å²) >= 11 is 5.19. The molecular weight excluding hydrogens is 391 g/mol. The van der Waals surface area contributed by atoms with Gasteiger partial charge in [-0.3, -0.25) is 9.36 Å². The molecule has 3 rings (SSSR count). The standard InChI is InChI=1S/C19H16F3N3OS.H2O/c1-12-16(17(26)24(3)18(27)23(12)2)11-15-8-5-9-25(15)14-7-4-6-13(10-14)19(20,21)22;/h4-11H,1H2,2-3H3;1H2/b16-11-;. The molecule has 0 aliphatic carbocycles. The van der Waals surface area contributed by atoms with E-state index in [-0.39, 0.29) is 11.0 Å². The van der Waals surface area contributed by atoms with Crippen LogP contribution in [0.25, 0.3) is 18.3 Å². The fraction of sp³-hybridized carbons (Fsp3) is 0.158. The average Bonchev–Trinajstić information content (AvgIpc) is 3.09. The molecule has 0 atom stereocenters. The van der Waals surface area contributed by atoms with Gasteiger partial charge in [0.25, 0.3) is 5.56 Å². The number of rotatable bonds is 2. The van der Waals surface area contributed by atoms with E-state index >= 15 is 0 Å². The highest BCUT2D eigenvalue weighted by molar-refractivity contribution is 7.71. The van der Waals surface area contributed by atoms with E-state index in [4.69, 9.17) is 12.2 Å². The molecule has 9 heteroatoms. The largest absolute Gasteiger partial charge is 0.416 e. The maximum Gasteiger partial charge on any atom is 0.416 e. The van der Waals surface area contributed by atoms with E-state index in [9.17, 15) is 18.0 Å². The Balaban J connectivity index is 0.00000280. The number of alkyl halides is 3. The van der Waals surface area contributed by atoms with Gasteiger partial charge in [-0.1, -0.05) is 12.6 Å². The van der Waals surface area contributed by atoms with Crippen LogP contribution in [-0.2, 0) is 20.3 Å². The molecule has 0 fully saturated rings. The zero-order valence-electron chi connectivity index (χ0n) is 15.1. The number of aromatic nitrogens is 3. The number of halogens is 3. The Kier molecular flexibility index (Phi) is 5.81. The van der Waals surface area contributed by atoms with Crippen molar-refractivity contribution < 1.29 is 18.6 Å². The number of hydrogen-bond donors (Lipinski definition) is 0. The van der Waals surface area contributed by atoms with Gasteiger partial charge in [-0.2, -0.15) is 13.2 Å². The van der Waals surface area contributed by atoms with Crippen LogP contribution in [0.1, 0.15) is 11.3 Å². The van der Waals surface area contributed by atoms with Gasteiger partial charge in [0.2, 0.25) is 0 Å². The predicted octanol–water partition coefficient (Wildman–Crippen LogP) is 1.68. The van der Waals surface area contributed by atoms with Crippen molar-refractivity contribution in [2.75, 3.05) is 0 Å². The molecule has 1 aromatic carbocycles. The lowest BCUT2D eigenvalue weighted by molar-refractivity contribution is -0.137. The third-order valence-corrected chi connectivity index (χ3v) is 4.90. The highest BCUT2D eigenvalue weighted by atomic mass is 32.1. The first-order chi connectivity index (χ1) is 12.6. The SMILES string of the molecule is C=c1/c(=C/c2cccn2-c2cccc(C(F)(F)F)c2)c(=O)n(C)c(=S)n1C.O. The van der Waals surface area contributed by atoms with Gasteiger partial charge in [-0.05, 0) is 48.6 Å². The Morgan fingerprint density at radius 1 is 1.11 bits per heavy atom. The monoisotopic (exact) mass is 409 g/mol. The smallest absolute Gasteiger partial charge is 0.412 e. The van der Waals surface area contributed by atoms with E-state index in [1.807, 2.05) is 0 Å². The first kappa shape index (κ1) is 21.4. The third-order valence-electron chi connectivity index (χ3n) is 4.35. The first-order valence-corrected chi connectivity index (χ1v) is 8.34. The van der Waals surface area contributed by atoms with Crippen LogP contribution < -0.4 is 16.1 Å². The molecule has 2 N–H and O–H groups in total. The average molecular weight is 409 g/mol. The lowest BCUT2D eigenvalue weighted by atomic mass is 10.2. The summed E-state index contributed by atoms with van der Waals surface area (Å²) in [6.07, 6.45) is -1.20. The molecule has 148 valence electrons. The van der Waals surface area contributed by atoms with Crippen molar-refractivity contribution in [2.45, 2.75) is 6.18 Å². The van der Waals surface area contributed by atoms with Crippen molar-refractivity contribution in [3.8, 4) is 5.69 Å². The third kappa shape index (κ3) is 3.71. The topological polar surface area (TPSA) is 63.4 Å². The zero-order valence-corrected chi connectivity index (χ0v) is 15.9. The molecule has 28 heavy (non-hydrogen) atoms. The van der Waals surface area contributed by atoms with Crippen LogP contribution >= 0.6 is 12.2 Å². The van der Waals surface area contributed by atoms with Crippen LogP contribution in [0, 0.1) is 4.77 Å². The summed E-state index contributed by atoms with van der Waals surface area (Å²) in [5, 5.41) is 0.750. The Morgan fingerprint density at radius 2 is 1.79 bits per heavy atom. The fourth-order valence-electron chi connectivity index (χ4n) is 2.78. The molecule has 0 bridgehead atoms. The highest BCUT2D eigenvalue weighted by Gasteiger charge is 2.30. The molecule has 0 saturated carbocycles. The van der Waals surface area contributed by atoms with Crippen molar-refractivity contribution in [1.82, 2.24) is 13.7 Å². The van der Waals surface area contributed by atoms with E-state index in [2.05, 4.69) is 6.58 Å². The number of nitrogens with zero attached hydrogens (tertiary/aromatic N) is 3. The molecule has 0 radical (unpaired) electrons. The molecule has 0 saturated heterocycles. The quantitative estimate of drug-likeness (QED) is 0.605. The van der Waals surface area contributed by atoms with Crippen molar-refractivity contribution >= 4 is 24.9 Å². The Hall–Kier alpha value is -2.91. The second-order valence-electron chi connectivity index (χ2n) is 6.06. The van der Waals surface area contributed by atoms with Gasteiger partial charge in [0.05, 0.1) is 10.8 Å². The Morgan fingerprint density at radius 3 is 2.43 bits per heavy atom. The lowest BCUT2D eigenvalue weighted by Crippen LogP contribution is -2.49. The molecule has 0 amide bonds. The van der Waals surface area contributed by atoms with Gasteiger partial charge in [0, 0.05) is 37.0 Å². The molecule has 5 nitrogen and oxygen atoms in total. The maximum atomic E-state index is 13.0. The molecular formula is C19H18F3N3O2S. The summed E-state index contributed by atoms with van der Waals surface area (Å²) < 4.78 is 43.9. The van der Waals surface area contributed by atoms with Crippen molar-refractivity contribution in [2.24, 2.45) is 14.1 Å². The highest BCUT2D eigenvalue weighted by Crippen LogP contribution is 2.30. The molecule has 0 spiro atoms. The van der Waals surface area contributed by atoms with Crippen LogP contribution in [0.2, 0.25) is 0 Å². The summed E-state index contributed by atoms with van der Waals surface area (Å²) in [7, 11) is 3.26. The van der Waals surface area contributed by atoms with Crippen LogP contribution in [0.5, 0.6) is 0 Å². The second-order valence-corrected chi connectivity index (χ2v) is 6.43. The fourth-order valence-corrected chi connectivity index (χ4v) is 2.98. The predicted molar refractivity (Wildman–Crippen MR) is 104 cm³/mol. The van der Waals surface area contributed by atoms with Gasteiger partial charge in [-0.15, -0.1) is 0 Å². The van der Waals surface area contributed by atoms with E-state index in [0.717, 1.165) is 12.1 Å². The zero-order chi connectivity index (χ0) is 19.9. The summed E-state index contributed by atoms with van der Waals surface area (Å²) in [4.78, 5) is 12.6. The maximum absolute atomic E-state index is 13.0. The minimum atomic E-state index is -4.43. The van der Waals surface area contributed by atoms with E-state index in [1.54, 1.807) is 53.7 Å². The number of benzene rings is 1. The molecule has 3 aromatic rings. The Bertz CT molecular complexity index is 1210.